The number of nitrogens with zero attached hydrogens (tertiary/aromatic N) is 1. The molecule has 0 aliphatic carbocycles. The fourth-order valence-electron chi connectivity index (χ4n) is 4.07. The monoisotopic (exact) mass is 346 g/mol. The molecular formula is C19H20F2N2O2. The molecule has 4 nitrogen and oxygen atoms in total. The van der Waals surface area contributed by atoms with Gasteiger partial charge in [0.15, 0.2) is 17.4 Å². The molecule has 6 heteroatoms. The Balaban J connectivity index is 1.52. The molecule has 2 aromatic rings. The SMILES string of the molecule is CC1C(NC(=O)c2ccc(-c3cccc(F)c3F)o2)C2CCN1CC2. The van der Waals surface area contributed by atoms with Crippen LogP contribution < -0.4 is 5.32 Å². The van der Waals surface area contributed by atoms with Crippen LogP contribution in [0.15, 0.2) is 34.7 Å². The third-order valence-corrected chi connectivity index (χ3v) is 5.52. The summed E-state index contributed by atoms with van der Waals surface area (Å²) in [6.45, 7) is 4.30. The number of amides is 1. The van der Waals surface area contributed by atoms with Gasteiger partial charge >= 0.3 is 0 Å². The number of benzene rings is 1. The summed E-state index contributed by atoms with van der Waals surface area (Å²) in [5, 5.41) is 3.06. The zero-order valence-corrected chi connectivity index (χ0v) is 14.0. The van der Waals surface area contributed by atoms with E-state index in [0.29, 0.717) is 12.0 Å². The van der Waals surface area contributed by atoms with Gasteiger partial charge in [0.1, 0.15) is 5.76 Å². The van der Waals surface area contributed by atoms with Crippen molar-refractivity contribution >= 4 is 5.91 Å². The third kappa shape index (κ3) is 2.84. The van der Waals surface area contributed by atoms with Gasteiger partial charge in [-0.25, -0.2) is 8.78 Å². The second-order valence-corrected chi connectivity index (χ2v) is 6.88. The van der Waals surface area contributed by atoms with E-state index < -0.39 is 11.6 Å². The molecule has 132 valence electrons. The molecule has 0 spiro atoms. The van der Waals surface area contributed by atoms with Crippen molar-refractivity contribution in [3.05, 3.63) is 47.7 Å². The van der Waals surface area contributed by atoms with Gasteiger partial charge in [-0.3, -0.25) is 9.69 Å². The molecule has 0 saturated carbocycles. The highest BCUT2D eigenvalue weighted by Crippen LogP contribution is 2.32. The lowest BCUT2D eigenvalue weighted by atomic mass is 9.79. The molecule has 1 aromatic carbocycles. The first-order chi connectivity index (χ1) is 12.0. The number of fused-ring (bicyclic) bond motifs is 3. The van der Waals surface area contributed by atoms with Gasteiger partial charge in [-0.15, -0.1) is 0 Å². The highest BCUT2D eigenvalue weighted by Gasteiger charge is 2.40. The Morgan fingerprint density at radius 2 is 1.96 bits per heavy atom. The Bertz CT molecular complexity index is 794. The van der Waals surface area contributed by atoms with Gasteiger partial charge in [0.2, 0.25) is 0 Å². The lowest BCUT2D eigenvalue weighted by molar-refractivity contribution is 0.0211. The third-order valence-electron chi connectivity index (χ3n) is 5.52. The first-order valence-electron chi connectivity index (χ1n) is 8.63. The number of carbonyl (C=O) groups is 1. The molecule has 3 aliphatic heterocycles. The second kappa shape index (κ2) is 6.26. The smallest absolute Gasteiger partial charge is 0.287 e. The normalized spacial score (nSPS) is 28.1. The van der Waals surface area contributed by atoms with Crippen molar-refractivity contribution in [2.45, 2.75) is 31.8 Å². The van der Waals surface area contributed by atoms with Gasteiger partial charge in [-0.2, -0.15) is 0 Å². The maximum atomic E-state index is 13.9. The predicted molar refractivity (Wildman–Crippen MR) is 89.1 cm³/mol. The molecular weight excluding hydrogens is 326 g/mol. The zero-order chi connectivity index (χ0) is 17.6. The molecule has 1 amide bonds. The number of piperidine rings is 3. The van der Waals surface area contributed by atoms with E-state index in [1.807, 2.05) is 0 Å². The number of halogens is 2. The minimum atomic E-state index is -0.977. The van der Waals surface area contributed by atoms with Crippen LogP contribution in [0.2, 0.25) is 0 Å². The Labute approximate surface area is 144 Å². The number of hydrogen-bond donors (Lipinski definition) is 1. The Morgan fingerprint density at radius 1 is 1.20 bits per heavy atom. The van der Waals surface area contributed by atoms with Crippen LogP contribution >= 0.6 is 0 Å². The van der Waals surface area contributed by atoms with E-state index in [9.17, 15) is 13.6 Å². The molecule has 3 saturated heterocycles. The van der Waals surface area contributed by atoms with Crippen molar-refractivity contribution in [2.75, 3.05) is 13.1 Å². The second-order valence-electron chi connectivity index (χ2n) is 6.88. The molecule has 1 N–H and O–H groups in total. The fourth-order valence-corrected chi connectivity index (χ4v) is 4.07. The van der Waals surface area contributed by atoms with Crippen molar-refractivity contribution in [1.29, 1.82) is 0 Å². The predicted octanol–water partition coefficient (Wildman–Crippen LogP) is 3.44. The van der Waals surface area contributed by atoms with E-state index >= 15 is 0 Å². The van der Waals surface area contributed by atoms with E-state index in [2.05, 4.69) is 17.1 Å². The molecule has 1 aromatic heterocycles. The average Bonchev–Trinajstić information content (AvgIpc) is 3.11. The Kier molecular flexibility index (Phi) is 4.07. The van der Waals surface area contributed by atoms with Crippen LogP contribution in [0.4, 0.5) is 8.78 Å². The van der Waals surface area contributed by atoms with Crippen LogP contribution in [0.25, 0.3) is 11.3 Å². The summed E-state index contributed by atoms with van der Waals surface area (Å²) < 4.78 is 32.7. The summed E-state index contributed by atoms with van der Waals surface area (Å²) in [6.07, 6.45) is 2.18. The molecule has 2 atom stereocenters. The van der Waals surface area contributed by atoms with Gasteiger partial charge < -0.3 is 9.73 Å². The summed E-state index contributed by atoms with van der Waals surface area (Å²) in [5.41, 5.74) is 0.00949. The van der Waals surface area contributed by atoms with Crippen LogP contribution in [0.3, 0.4) is 0 Å². The van der Waals surface area contributed by atoms with E-state index in [0.717, 1.165) is 32.0 Å². The lowest BCUT2D eigenvalue weighted by Gasteiger charge is -2.49. The van der Waals surface area contributed by atoms with E-state index in [1.54, 1.807) is 0 Å². The molecule has 2 bridgehead atoms. The number of hydrogen-bond acceptors (Lipinski definition) is 3. The molecule has 25 heavy (non-hydrogen) atoms. The van der Waals surface area contributed by atoms with E-state index in [1.165, 1.54) is 24.3 Å². The topological polar surface area (TPSA) is 45.5 Å². The van der Waals surface area contributed by atoms with Gasteiger partial charge in [0.05, 0.1) is 5.56 Å². The molecule has 3 fully saturated rings. The summed E-state index contributed by atoms with van der Waals surface area (Å²) in [5.74, 6) is -1.49. The average molecular weight is 346 g/mol. The van der Waals surface area contributed by atoms with E-state index in [4.69, 9.17) is 4.42 Å². The van der Waals surface area contributed by atoms with Crippen LogP contribution in [-0.4, -0.2) is 36.0 Å². The van der Waals surface area contributed by atoms with Crippen molar-refractivity contribution < 1.29 is 18.0 Å². The van der Waals surface area contributed by atoms with Gasteiger partial charge in [-0.05, 0) is 63.0 Å². The molecule has 0 radical (unpaired) electrons. The maximum Gasteiger partial charge on any atom is 0.287 e. The number of nitrogens with one attached hydrogen (secondary N) is 1. The fraction of sp³-hybridized carbons (Fsp3) is 0.421. The Hall–Kier alpha value is -2.21. The lowest BCUT2D eigenvalue weighted by Crippen LogP contribution is -2.62. The van der Waals surface area contributed by atoms with Crippen LogP contribution in [0.1, 0.15) is 30.3 Å². The number of furan rings is 1. The van der Waals surface area contributed by atoms with Crippen LogP contribution in [0.5, 0.6) is 0 Å². The van der Waals surface area contributed by atoms with Crippen molar-refractivity contribution in [3.8, 4) is 11.3 Å². The highest BCUT2D eigenvalue weighted by molar-refractivity contribution is 5.92. The summed E-state index contributed by atoms with van der Waals surface area (Å²) >= 11 is 0. The van der Waals surface area contributed by atoms with E-state index in [-0.39, 0.29) is 29.0 Å². The van der Waals surface area contributed by atoms with Crippen molar-refractivity contribution in [2.24, 2.45) is 5.92 Å². The first-order valence-corrected chi connectivity index (χ1v) is 8.63. The van der Waals surface area contributed by atoms with Gasteiger partial charge in [0.25, 0.3) is 5.91 Å². The molecule has 2 unspecified atom stereocenters. The minimum absolute atomic E-state index is 0.00949. The minimum Gasteiger partial charge on any atom is -0.451 e. The zero-order valence-electron chi connectivity index (χ0n) is 14.0. The number of rotatable bonds is 3. The largest absolute Gasteiger partial charge is 0.451 e. The highest BCUT2D eigenvalue weighted by atomic mass is 19.2. The summed E-state index contributed by atoms with van der Waals surface area (Å²) in [7, 11) is 0. The van der Waals surface area contributed by atoms with Gasteiger partial charge in [0, 0.05) is 12.1 Å². The quantitative estimate of drug-likeness (QED) is 0.926. The van der Waals surface area contributed by atoms with Crippen LogP contribution in [0, 0.1) is 17.6 Å². The maximum absolute atomic E-state index is 13.9. The molecule has 5 rings (SSSR count). The van der Waals surface area contributed by atoms with Crippen molar-refractivity contribution in [1.82, 2.24) is 10.2 Å². The molecule has 3 aliphatic rings. The standard InChI is InChI=1S/C19H20F2N2O2/c1-11-18(12-7-9-23(11)10-8-12)22-19(24)16-6-5-15(25-16)13-3-2-4-14(20)17(13)21/h2-6,11-12,18H,7-10H2,1H3,(H,22,24). The number of carbonyl (C=O) groups excluding carboxylic acids is 1. The summed E-state index contributed by atoms with van der Waals surface area (Å²) in [6, 6.07) is 7.26. The van der Waals surface area contributed by atoms with Gasteiger partial charge in [-0.1, -0.05) is 6.07 Å². The Morgan fingerprint density at radius 3 is 2.68 bits per heavy atom. The first kappa shape index (κ1) is 16.3. The van der Waals surface area contributed by atoms with Crippen LogP contribution in [-0.2, 0) is 0 Å². The molecule has 4 heterocycles. The van der Waals surface area contributed by atoms with Crippen molar-refractivity contribution in [3.63, 3.8) is 0 Å². The summed E-state index contributed by atoms with van der Waals surface area (Å²) in [4.78, 5) is 14.9.